The molecule has 0 saturated heterocycles. The Morgan fingerprint density at radius 3 is 0.867 bits per heavy atom. The van der Waals surface area contributed by atoms with Gasteiger partial charge >= 0.3 is 80.3 Å². The van der Waals surface area contributed by atoms with Crippen LogP contribution in [-0.2, 0) is 45.7 Å². The third kappa shape index (κ3) is 937. The van der Waals surface area contributed by atoms with Crippen molar-refractivity contribution in [1.82, 2.24) is 0 Å². The van der Waals surface area contributed by atoms with Gasteiger partial charge < -0.3 is 10.2 Å². The van der Waals surface area contributed by atoms with Crippen molar-refractivity contribution in [3.63, 3.8) is 0 Å². The maximum atomic E-state index is 8.50. The third-order valence-electron chi connectivity index (χ3n) is 0. The minimum atomic E-state index is -2.00. The van der Waals surface area contributed by atoms with Gasteiger partial charge in [-0.1, -0.05) is 0 Å². The first-order valence-electron chi connectivity index (χ1n) is 3.64. The van der Waals surface area contributed by atoms with Gasteiger partial charge in [0.25, 0.3) is 0 Å². The Kier molecular flexibility index (Phi) is 72.4. The van der Waals surface area contributed by atoms with E-state index in [1.54, 1.807) is 27.7 Å². The average molecular weight is 487 g/mol. The van der Waals surface area contributed by atoms with E-state index < -0.39 is 39.0 Å². The van der Waals surface area contributed by atoms with Crippen molar-refractivity contribution < 1.29 is 63.3 Å². The standard InChI is InChI=1S/2C3H8O.4O.Pb.2Ti/c2*1-3(2)4;;;;;;;/h2*3-4H,1-2H3;;;;;;;/q;;;;2*-1;+2;;. The van der Waals surface area contributed by atoms with Crippen LogP contribution in [0.3, 0.4) is 0 Å². The molecule has 0 aliphatic carbocycles. The molecule has 0 amide bonds. The summed E-state index contributed by atoms with van der Waals surface area (Å²) in [5.74, 6) is 0. The van der Waals surface area contributed by atoms with Crippen LogP contribution in [0.1, 0.15) is 27.7 Å². The number of aliphatic hydroxyl groups is 2. The van der Waals surface area contributed by atoms with Gasteiger partial charge in [0.2, 0.25) is 0 Å². The van der Waals surface area contributed by atoms with Gasteiger partial charge in [0.1, 0.15) is 0 Å². The molecule has 88 valence electrons. The SMILES string of the molecule is CC(C)O.CC(C)O.[O]=[Ti][O-].[O]=[Ti][O-].[Pb+2]. The molecule has 0 rings (SSSR count). The Bertz CT molecular complexity index is 86.1. The van der Waals surface area contributed by atoms with Crippen LogP contribution in [0.4, 0.5) is 0 Å². The second kappa shape index (κ2) is 36.0. The van der Waals surface area contributed by atoms with E-state index >= 15 is 0 Å². The van der Waals surface area contributed by atoms with Crippen LogP contribution in [0.15, 0.2) is 0 Å². The molecule has 2 radical (unpaired) electrons. The monoisotopic (exact) mass is 488 g/mol. The summed E-state index contributed by atoms with van der Waals surface area (Å²) in [6.45, 7) is 6.89. The molecule has 0 fully saturated rings. The summed E-state index contributed by atoms with van der Waals surface area (Å²) >= 11 is -4.00. The van der Waals surface area contributed by atoms with Gasteiger partial charge in [0, 0.05) is 12.2 Å². The summed E-state index contributed by atoms with van der Waals surface area (Å²) in [6, 6.07) is 0. The van der Waals surface area contributed by atoms with Crippen molar-refractivity contribution in [2.75, 3.05) is 0 Å². The maximum Gasteiger partial charge on any atom is 2.00 e. The van der Waals surface area contributed by atoms with Crippen LogP contribution in [0.5, 0.6) is 0 Å². The van der Waals surface area contributed by atoms with Gasteiger partial charge in [0.05, 0.1) is 0 Å². The Hall–Kier alpha value is 1.79. The van der Waals surface area contributed by atoms with E-state index in [9.17, 15) is 0 Å². The fraction of sp³-hybridized carbons (Fsp3) is 1.00. The van der Waals surface area contributed by atoms with E-state index in [0.29, 0.717) is 0 Å². The summed E-state index contributed by atoms with van der Waals surface area (Å²) in [5.41, 5.74) is 0. The van der Waals surface area contributed by atoms with Crippen LogP contribution < -0.4 is 7.38 Å². The molecule has 0 aromatic carbocycles. The molecule has 9 heteroatoms. The van der Waals surface area contributed by atoms with Crippen molar-refractivity contribution in [3.8, 4) is 0 Å². The number of rotatable bonds is 0. The van der Waals surface area contributed by atoms with E-state index in [1.807, 2.05) is 0 Å². The van der Waals surface area contributed by atoms with Crippen LogP contribution >= 0.6 is 0 Å². The zero-order chi connectivity index (χ0) is 12.6. The van der Waals surface area contributed by atoms with Gasteiger partial charge in [0.15, 0.2) is 0 Å². The van der Waals surface area contributed by atoms with Crippen LogP contribution in [0.25, 0.3) is 0 Å². The first-order chi connectivity index (χ1) is 6.29. The Morgan fingerprint density at radius 1 is 0.867 bits per heavy atom. The average Bonchev–Trinajstić information content (AvgIpc) is 1.85. The fourth-order valence-corrected chi connectivity index (χ4v) is 0. The Balaban J connectivity index is -0.0000000293. The molecule has 0 heterocycles. The quantitative estimate of drug-likeness (QED) is 0.374. The number of hydrogen-bond acceptors (Lipinski definition) is 6. The predicted octanol–water partition coefficient (Wildman–Crippen LogP) is -2.23. The van der Waals surface area contributed by atoms with Gasteiger partial charge in [-0.05, 0) is 27.7 Å². The molecule has 0 aromatic heterocycles. The van der Waals surface area contributed by atoms with Crippen molar-refractivity contribution in [3.05, 3.63) is 0 Å². The van der Waals surface area contributed by atoms with E-state index in [-0.39, 0.29) is 39.5 Å². The molecule has 0 aliphatic rings. The van der Waals surface area contributed by atoms with Gasteiger partial charge in [-0.3, -0.25) is 0 Å². The molecule has 0 spiro atoms. The molecule has 0 unspecified atom stereocenters. The minimum absolute atomic E-state index is 0. The molecule has 6 nitrogen and oxygen atoms in total. The smallest absolute Gasteiger partial charge is 2.00 e. The first-order valence-corrected chi connectivity index (χ1v) is 6.19. The summed E-state index contributed by atoms with van der Waals surface area (Å²) < 4.78 is 34.0. The van der Waals surface area contributed by atoms with Crippen molar-refractivity contribution in [2.24, 2.45) is 0 Å². The molecule has 0 bridgehead atoms. The number of aliphatic hydroxyl groups excluding tert-OH is 2. The molecule has 15 heavy (non-hydrogen) atoms. The van der Waals surface area contributed by atoms with E-state index in [4.69, 9.17) is 24.2 Å². The first kappa shape index (κ1) is 30.1. The Morgan fingerprint density at radius 2 is 0.867 bits per heavy atom. The second-order valence-electron chi connectivity index (χ2n) is 2.35. The van der Waals surface area contributed by atoms with Gasteiger partial charge in [-0.15, -0.1) is 0 Å². The zero-order valence-corrected chi connectivity index (χ0v) is 16.2. The summed E-state index contributed by atoms with van der Waals surface area (Å²) in [7, 11) is 0. The van der Waals surface area contributed by atoms with E-state index in [2.05, 4.69) is 0 Å². The van der Waals surface area contributed by atoms with Crippen LogP contribution in [-0.4, -0.2) is 49.7 Å². The van der Waals surface area contributed by atoms with Crippen molar-refractivity contribution in [1.29, 1.82) is 0 Å². The minimum Gasteiger partial charge on any atom is 2.00 e. The summed E-state index contributed by atoms with van der Waals surface area (Å²) in [5, 5.41) is 16.1. The van der Waals surface area contributed by atoms with E-state index in [1.165, 1.54) is 0 Å². The number of hydrogen-bond donors (Lipinski definition) is 2. The topological polar surface area (TPSA) is 121 Å². The molecule has 0 saturated carbocycles. The summed E-state index contributed by atoms with van der Waals surface area (Å²) in [6.07, 6.45) is -0.333. The van der Waals surface area contributed by atoms with Crippen molar-refractivity contribution >= 4 is 27.3 Å². The fourth-order valence-electron chi connectivity index (χ4n) is 0. The van der Waals surface area contributed by atoms with Crippen LogP contribution in [0.2, 0.25) is 0 Å². The van der Waals surface area contributed by atoms with Crippen molar-refractivity contribution in [2.45, 2.75) is 39.9 Å². The predicted molar refractivity (Wildman–Crippen MR) is 41.8 cm³/mol. The summed E-state index contributed by atoms with van der Waals surface area (Å²) in [4.78, 5) is 0. The van der Waals surface area contributed by atoms with Gasteiger partial charge in [-0.25, -0.2) is 0 Å². The maximum absolute atomic E-state index is 8.50. The molecule has 0 atom stereocenters. The normalized spacial score (nSPS) is 6.00. The largest absolute Gasteiger partial charge is 2.00 e. The third-order valence-corrected chi connectivity index (χ3v) is 0. The van der Waals surface area contributed by atoms with E-state index in [0.717, 1.165) is 0 Å². The molecular weight excluding hydrogens is 471 g/mol. The molecule has 2 N–H and O–H groups in total. The van der Waals surface area contributed by atoms with Crippen LogP contribution in [0, 0.1) is 0 Å². The molecular formula is C6H16O6PbTi2. The van der Waals surface area contributed by atoms with Gasteiger partial charge in [-0.2, -0.15) is 0 Å². The zero-order valence-electron chi connectivity index (χ0n) is 9.18. The molecule has 0 aromatic rings. The second-order valence-corrected chi connectivity index (χ2v) is 2.87. The Labute approximate surface area is 129 Å². The molecule has 0 aliphatic heterocycles.